The van der Waals surface area contributed by atoms with E-state index in [2.05, 4.69) is 22.2 Å². The molecule has 1 aromatic rings. The summed E-state index contributed by atoms with van der Waals surface area (Å²) in [6.07, 6.45) is 2.56. The molecule has 0 radical (unpaired) electrons. The van der Waals surface area contributed by atoms with Crippen molar-refractivity contribution in [3.63, 3.8) is 0 Å². The van der Waals surface area contributed by atoms with E-state index in [1.54, 1.807) is 0 Å². The van der Waals surface area contributed by atoms with Crippen molar-refractivity contribution in [1.82, 2.24) is 15.3 Å². The highest BCUT2D eigenvalue weighted by atomic mass is 16.1. The Hall–Kier alpha value is -1.36. The first-order valence-corrected chi connectivity index (χ1v) is 5.20. The van der Waals surface area contributed by atoms with E-state index < -0.39 is 0 Å². The quantitative estimate of drug-likeness (QED) is 0.659. The van der Waals surface area contributed by atoms with Gasteiger partial charge in [-0.05, 0) is 13.0 Å². The lowest BCUT2D eigenvalue weighted by atomic mass is 10.4. The van der Waals surface area contributed by atoms with Gasteiger partial charge in [-0.1, -0.05) is 6.92 Å². The average Bonchev–Trinajstić information content (AvgIpc) is 2.24. The van der Waals surface area contributed by atoms with E-state index in [4.69, 9.17) is 0 Å². The highest BCUT2D eigenvalue weighted by Gasteiger charge is 2.01. The number of nitrogens with zero attached hydrogens (tertiary/aromatic N) is 2. The Labute approximate surface area is 89.5 Å². The van der Waals surface area contributed by atoms with Gasteiger partial charge >= 0.3 is 0 Å². The van der Waals surface area contributed by atoms with Crippen LogP contribution >= 0.6 is 0 Å². The molecule has 0 spiro atoms. The second-order valence-electron chi connectivity index (χ2n) is 3.44. The zero-order valence-corrected chi connectivity index (χ0v) is 9.29. The Kier molecular flexibility index (Phi) is 4.83. The standard InChI is InChI=1S/C10H18N4O/c1-3-4-11-5-6-14(2)9-7-10(15)13-8-12-9/h7-8,11H,3-6H2,1-2H3,(H,12,13,15). The minimum Gasteiger partial charge on any atom is -0.358 e. The maximum absolute atomic E-state index is 11.0. The largest absolute Gasteiger partial charge is 0.358 e. The smallest absolute Gasteiger partial charge is 0.252 e. The first-order valence-electron chi connectivity index (χ1n) is 5.20. The van der Waals surface area contributed by atoms with E-state index in [-0.39, 0.29) is 5.56 Å². The van der Waals surface area contributed by atoms with Crippen LogP contribution in [0.15, 0.2) is 17.2 Å². The summed E-state index contributed by atoms with van der Waals surface area (Å²) in [5.74, 6) is 0.706. The predicted molar refractivity (Wildman–Crippen MR) is 61.3 cm³/mol. The van der Waals surface area contributed by atoms with Gasteiger partial charge in [0.15, 0.2) is 0 Å². The van der Waals surface area contributed by atoms with Gasteiger partial charge in [-0.15, -0.1) is 0 Å². The highest BCUT2D eigenvalue weighted by molar-refractivity contribution is 5.34. The Morgan fingerprint density at radius 2 is 2.33 bits per heavy atom. The van der Waals surface area contributed by atoms with Crippen molar-refractivity contribution in [2.45, 2.75) is 13.3 Å². The molecule has 0 aliphatic heterocycles. The van der Waals surface area contributed by atoms with Crippen molar-refractivity contribution in [3.05, 3.63) is 22.7 Å². The van der Waals surface area contributed by atoms with Crippen molar-refractivity contribution in [1.29, 1.82) is 0 Å². The number of likely N-dealkylation sites (N-methyl/N-ethyl adjacent to an activating group) is 1. The first-order chi connectivity index (χ1) is 7.24. The molecule has 0 aliphatic rings. The van der Waals surface area contributed by atoms with Crippen LogP contribution in [0.3, 0.4) is 0 Å². The number of aromatic nitrogens is 2. The van der Waals surface area contributed by atoms with Gasteiger partial charge in [-0.2, -0.15) is 0 Å². The van der Waals surface area contributed by atoms with Gasteiger partial charge < -0.3 is 15.2 Å². The van der Waals surface area contributed by atoms with E-state index in [1.807, 2.05) is 11.9 Å². The molecule has 0 fully saturated rings. The molecule has 5 heteroatoms. The third-order valence-electron chi connectivity index (χ3n) is 2.11. The van der Waals surface area contributed by atoms with E-state index in [0.717, 1.165) is 26.1 Å². The molecule has 0 saturated heterocycles. The van der Waals surface area contributed by atoms with E-state index in [0.29, 0.717) is 5.82 Å². The zero-order chi connectivity index (χ0) is 11.1. The minimum atomic E-state index is -0.117. The summed E-state index contributed by atoms with van der Waals surface area (Å²) in [5.41, 5.74) is -0.117. The summed E-state index contributed by atoms with van der Waals surface area (Å²) in [6, 6.07) is 1.50. The highest BCUT2D eigenvalue weighted by Crippen LogP contribution is 2.01. The van der Waals surface area contributed by atoms with Crippen LogP contribution in [0.1, 0.15) is 13.3 Å². The third kappa shape index (κ3) is 4.12. The molecule has 84 valence electrons. The molecule has 1 rings (SSSR count). The minimum absolute atomic E-state index is 0.117. The van der Waals surface area contributed by atoms with E-state index >= 15 is 0 Å². The number of nitrogens with one attached hydrogen (secondary N) is 2. The van der Waals surface area contributed by atoms with E-state index in [1.165, 1.54) is 12.4 Å². The Morgan fingerprint density at radius 1 is 1.53 bits per heavy atom. The van der Waals surface area contributed by atoms with Crippen LogP contribution in [0.25, 0.3) is 0 Å². The lowest BCUT2D eigenvalue weighted by Crippen LogP contribution is -2.30. The fourth-order valence-corrected chi connectivity index (χ4v) is 1.23. The lowest BCUT2D eigenvalue weighted by molar-refractivity contribution is 0.663. The van der Waals surface area contributed by atoms with E-state index in [9.17, 15) is 4.79 Å². The molecular formula is C10H18N4O. The summed E-state index contributed by atoms with van der Waals surface area (Å²) in [6.45, 7) is 4.90. The fourth-order valence-electron chi connectivity index (χ4n) is 1.23. The van der Waals surface area contributed by atoms with Crippen LogP contribution in [-0.4, -0.2) is 36.6 Å². The monoisotopic (exact) mass is 210 g/mol. The number of H-pyrrole nitrogens is 1. The van der Waals surface area contributed by atoms with Crippen molar-refractivity contribution in [2.75, 3.05) is 31.6 Å². The molecule has 0 bridgehead atoms. The molecule has 0 saturated carbocycles. The third-order valence-corrected chi connectivity index (χ3v) is 2.11. The summed E-state index contributed by atoms with van der Waals surface area (Å²) < 4.78 is 0. The molecular weight excluding hydrogens is 192 g/mol. The topological polar surface area (TPSA) is 61.0 Å². The maximum Gasteiger partial charge on any atom is 0.252 e. The van der Waals surface area contributed by atoms with Gasteiger partial charge in [0.25, 0.3) is 5.56 Å². The second-order valence-corrected chi connectivity index (χ2v) is 3.44. The number of rotatable bonds is 6. The normalized spacial score (nSPS) is 10.3. The number of hydrogen-bond acceptors (Lipinski definition) is 4. The molecule has 0 atom stereocenters. The summed E-state index contributed by atoms with van der Waals surface area (Å²) in [7, 11) is 1.93. The zero-order valence-electron chi connectivity index (χ0n) is 9.29. The van der Waals surface area contributed by atoms with Crippen LogP contribution < -0.4 is 15.8 Å². The molecule has 2 N–H and O–H groups in total. The molecule has 0 aromatic carbocycles. The van der Waals surface area contributed by atoms with Crippen LogP contribution in [-0.2, 0) is 0 Å². The molecule has 0 unspecified atom stereocenters. The number of anilines is 1. The molecule has 5 nitrogen and oxygen atoms in total. The Balaban J connectivity index is 2.40. The van der Waals surface area contributed by atoms with Crippen molar-refractivity contribution >= 4 is 5.82 Å². The predicted octanol–water partition coefficient (Wildman–Crippen LogP) is 0.206. The Morgan fingerprint density at radius 3 is 3.00 bits per heavy atom. The van der Waals surface area contributed by atoms with Gasteiger partial charge in [-0.3, -0.25) is 4.79 Å². The molecule has 1 aromatic heterocycles. The molecule has 15 heavy (non-hydrogen) atoms. The summed E-state index contributed by atoms with van der Waals surface area (Å²) >= 11 is 0. The summed E-state index contributed by atoms with van der Waals surface area (Å²) in [4.78, 5) is 19.6. The van der Waals surface area contributed by atoms with Crippen LogP contribution in [0, 0.1) is 0 Å². The fraction of sp³-hybridized carbons (Fsp3) is 0.600. The first kappa shape index (κ1) is 11.7. The van der Waals surface area contributed by atoms with Crippen LogP contribution in [0.5, 0.6) is 0 Å². The van der Waals surface area contributed by atoms with Gasteiger partial charge in [0.2, 0.25) is 0 Å². The molecule has 1 heterocycles. The van der Waals surface area contributed by atoms with Gasteiger partial charge in [0.05, 0.1) is 6.33 Å². The van der Waals surface area contributed by atoms with Crippen molar-refractivity contribution in [2.24, 2.45) is 0 Å². The number of hydrogen-bond donors (Lipinski definition) is 2. The number of aromatic amines is 1. The lowest BCUT2D eigenvalue weighted by Gasteiger charge is -2.17. The molecule has 0 aliphatic carbocycles. The summed E-state index contributed by atoms with van der Waals surface area (Å²) in [5, 5.41) is 3.29. The van der Waals surface area contributed by atoms with Crippen LogP contribution in [0.4, 0.5) is 5.82 Å². The van der Waals surface area contributed by atoms with Gasteiger partial charge in [-0.25, -0.2) is 4.98 Å². The van der Waals surface area contributed by atoms with Crippen LogP contribution in [0.2, 0.25) is 0 Å². The van der Waals surface area contributed by atoms with Crippen molar-refractivity contribution in [3.8, 4) is 0 Å². The SMILES string of the molecule is CCCNCCN(C)c1cc(=O)[nH]cn1. The Bertz CT molecular complexity index is 336. The van der Waals surface area contributed by atoms with Crippen molar-refractivity contribution < 1.29 is 0 Å². The molecule has 0 amide bonds. The van der Waals surface area contributed by atoms with Gasteiger partial charge in [0, 0.05) is 26.2 Å². The second kappa shape index (κ2) is 6.19. The maximum atomic E-state index is 11.0. The average molecular weight is 210 g/mol. The van der Waals surface area contributed by atoms with Gasteiger partial charge in [0.1, 0.15) is 5.82 Å².